The fourth-order valence-electron chi connectivity index (χ4n) is 1.23. The van der Waals surface area contributed by atoms with Crippen molar-refractivity contribution >= 4 is 17.9 Å². The molecule has 3 amide bonds. The number of carbonyl (C=O) groups is 3. The lowest BCUT2D eigenvalue weighted by atomic mass is 10.4. The van der Waals surface area contributed by atoms with E-state index in [4.69, 9.17) is 9.84 Å². The van der Waals surface area contributed by atoms with E-state index in [1.807, 2.05) is 5.32 Å². The van der Waals surface area contributed by atoms with Crippen LogP contribution in [0, 0.1) is 5.92 Å². The lowest BCUT2D eigenvalue weighted by molar-refractivity contribution is -0.131. The smallest absolute Gasteiger partial charge is 0.328 e. The van der Waals surface area contributed by atoms with Gasteiger partial charge in [-0.1, -0.05) is 0 Å². The third-order valence-corrected chi connectivity index (χ3v) is 2.58. The van der Waals surface area contributed by atoms with Crippen molar-refractivity contribution in [2.45, 2.75) is 12.8 Å². The molecule has 0 aromatic carbocycles. The maximum atomic E-state index is 11.5. The van der Waals surface area contributed by atoms with Gasteiger partial charge in [0.15, 0.2) is 0 Å². The number of ether oxygens (including phenoxy) is 1. The summed E-state index contributed by atoms with van der Waals surface area (Å²) in [6, 6.07) is -0.588. The molecule has 2 N–H and O–H groups in total. The number of aliphatic carboxylic acids is 1. The molecule has 0 unspecified atom stereocenters. The van der Waals surface area contributed by atoms with Crippen LogP contribution in [0.1, 0.15) is 12.8 Å². The molecule has 1 saturated carbocycles. The third kappa shape index (κ3) is 7.20. The molecular formula is C12H18N2O5. The Morgan fingerprint density at radius 1 is 1.37 bits per heavy atom. The molecular weight excluding hydrogens is 252 g/mol. The molecule has 106 valence electrons. The monoisotopic (exact) mass is 270 g/mol. The SMILES string of the molecule is CN(CCOCC1CC1)C(=O)NC(=O)C=CC(=O)O. The molecule has 0 aliphatic heterocycles. The largest absolute Gasteiger partial charge is 0.478 e. The summed E-state index contributed by atoms with van der Waals surface area (Å²) >= 11 is 0. The van der Waals surface area contributed by atoms with Crippen molar-refractivity contribution < 1.29 is 24.2 Å². The Hall–Kier alpha value is -1.89. The van der Waals surface area contributed by atoms with Crippen molar-refractivity contribution in [3.63, 3.8) is 0 Å². The fraction of sp³-hybridized carbons (Fsp3) is 0.583. The molecule has 1 fully saturated rings. The van der Waals surface area contributed by atoms with E-state index in [2.05, 4.69) is 0 Å². The van der Waals surface area contributed by atoms with Gasteiger partial charge >= 0.3 is 12.0 Å². The second kappa shape index (κ2) is 7.52. The number of carbonyl (C=O) groups excluding carboxylic acids is 2. The van der Waals surface area contributed by atoms with Crippen molar-refractivity contribution in [3.8, 4) is 0 Å². The van der Waals surface area contributed by atoms with E-state index < -0.39 is 17.9 Å². The van der Waals surface area contributed by atoms with Crippen molar-refractivity contribution in [3.05, 3.63) is 12.2 Å². The normalized spacial score (nSPS) is 14.4. The van der Waals surface area contributed by atoms with Gasteiger partial charge in [-0.25, -0.2) is 9.59 Å². The number of nitrogens with zero attached hydrogens (tertiary/aromatic N) is 1. The number of likely N-dealkylation sites (N-methyl/N-ethyl adjacent to an activating group) is 1. The Balaban J connectivity index is 2.15. The number of hydrogen-bond donors (Lipinski definition) is 2. The number of rotatable bonds is 7. The van der Waals surface area contributed by atoms with E-state index in [0.717, 1.165) is 12.7 Å². The van der Waals surface area contributed by atoms with Gasteiger partial charge in [-0.15, -0.1) is 0 Å². The number of urea groups is 1. The zero-order valence-electron chi connectivity index (χ0n) is 10.8. The molecule has 0 saturated heterocycles. The quantitative estimate of drug-likeness (QED) is 0.509. The van der Waals surface area contributed by atoms with Gasteiger partial charge in [-0.05, 0) is 18.8 Å². The third-order valence-electron chi connectivity index (χ3n) is 2.58. The summed E-state index contributed by atoms with van der Waals surface area (Å²) in [5.74, 6) is -1.34. The molecule has 0 spiro atoms. The minimum Gasteiger partial charge on any atom is -0.478 e. The van der Waals surface area contributed by atoms with Crippen LogP contribution in [0.25, 0.3) is 0 Å². The van der Waals surface area contributed by atoms with Crippen LogP contribution in [0.3, 0.4) is 0 Å². The summed E-state index contributed by atoms with van der Waals surface area (Å²) in [6.07, 6.45) is 3.88. The van der Waals surface area contributed by atoms with Crippen molar-refractivity contribution in [1.82, 2.24) is 10.2 Å². The highest BCUT2D eigenvalue weighted by Gasteiger charge is 2.21. The topological polar surface area (TPSA) is 95.9 Å². The first-order chi connectivity index (χ1) is 8.99. The number of carboxylic acids is 1. The first-order valence-corrected chi connectivity index (χ1v) is 6.04. The van der Waals surface area contributed by atoms with Gasteiger partial charge in [0.05, 0.1) is 6.61 Å². The summed E-state index contributed by atoms with van der Waals surface area (Å²) in [4.78, 5) is 34.1. The highest BCUT2D eigenvalue weighted by molar-refractivity contribution is 6.02. The maximum Gasteiger partial charge on any atom is 0.328 e. The summed E-state index contributed by atoms with van der Waals surface area (Å²) in [6.45, 7) is 1.50. The van der Waals surface area contributed by atoms with Gasteiger partial charge in [-0.3, -0.25) is 10.1 Å². The molecule has 0 radical (unpaired) electrons. The standard InChI is InChI=1S/C12H18N2O5/c1-14(6-7-19-8-9-2-3-9)12(18)13-10(15)4-5-11(16)17/h4-5,9H,2-3,6-8H2,1H3,(H,16,17)(H,13,15,18). The predicted octanol–water partition coefficient (Wildman–Crippen LogP) is 0.222. The summed E-state index contributed by atoms with van der Waals surface area (Å²) < 4.78 is 5.36. The van der Waals surface area contributed by atoms with Crippen LogP contribution in [0.2, 0.25) is 0 Å². The Bertz CT molecular complexity index is 376. The first-order valence-electron chi connectivity index (χ1n) is 6.04. The summed E-state index contributed by atoms with van der Waals surface area (Å²) in [7, 11) is 1.53. The minimum absolute atomic E-state index is 0.370. The molecule has 0 aromatic heterocycles. The molecule has 0 atom stereocenters. The second-order valence-corrected chi connectivity index (χ2v) is 4.41. The number of imide groups is 1. The van der Waals surface area contributed by atoms with Gasteiger partial charge in [0, 0.05) is 32.4 Å². The van der Waals surface area contributed by atoms with Crippen LogP contribution in [-0.2, 0) is 14.3 Å². The maximum absolute atomic E-state index is 11.5. The zero-order chi connectivity index (χ0) is 14.3. The van der Waals surface area contributed by atoms with Crippen LogP contribution in [-0.4, -0.2) is 54.7 Å². The van der Waals surface area contributed by atoms with E-state index in [9.17, 15) is 14.4 Å². The molecule has 0 heterocycles. The van der Waals surface area contributed by atoms with Crippen LogP contribution in [0.4, 0.5) is 4.79 Å². The van der Waals surface area contributed by atoms with Crippen LogP contribution >= 0.6 is 0 Å². The minimum atomic E-state index is -1.25. The van der Waals surface area contributed by atoms with Gasteiger partial charge < -0.3 is 14.7 Å². The molecule has 19 heavy (non-hydrogen) atoms. The number of amides is 3. The highest BCUT2D eigenvalue weighted by Crippen LogP contribution is 2.28. The Labute approximate surface area is 111 Å². The molecule has 0 aromatic rings. The van der Waals surface area contributed by atoms with E-state index in [1.165, 1.54) is 24.8 Å². The molecule has 7 heteroatoms. The Kier molecular flexibility index (Phi) is 6.01. The van der Waals surface area contributed by atoms with Crippen molar-refractivity contribution in [2.75, 3.05) is 26.8 Å². The lowest BCUT2D eigenvalue weighted by Gasteiger charge is -2.16. The van der Waals surface area contributed by atoms with E-state index >= 15 is 0 Å². The van der Waals surface area contributed by atoms with Gasteiger partial charge in [-0.2, -0.15) is 0 Å². The lowest BCUT2D eigenvalue weighted by Crippen LogP contribution is -2.41. The van der Waals surface area contributed by atoms with E-state index in [-0.39, 0.29) is 0 Å². The number of carboxylic acid groups (broad SMARTS) is 1. The average molecular weight is 270 g/mol. The molecule has 1 aliphatic carbocycles. The van der Waals surface area contributed by atoms with Crippen LogP contribution in [0.5, 0.6) is 0 Å². The number of nitrogens with one attached hydrogen (secondary N) is 1. The molecule has 7 nitrogen and oxygen atoms in total. The number of hydrogen-bond acceptors (Lipinski definition) is 4. The summed E-state index contributed by atoms with van der Waals surface area (Å²) in [5.41, 5.74) is 0. The molecule has 1 rings (SSSR count). The predicted molar refractivity (Wildman–Crippen MR) is 66.5 cm³/mol. The first kappa shape index (κ1) is 15.2. The van der Waals surface area contributed by atoms with Crippen molar-refractivity contribution in [1.29, 1.82) is 0 Å². The van der Waals surface area contributed by atoms with E-state index in [0.29, 0.717) is 25.1 Å². The van der Waals surface area contributed by atoms with Gasteiger partial charge in [0.25, 0.3) is 5.91 Å². The zero-order valence-corrected chi connectivity index (χ0v) is 10.8. The summed E-state index contributed by atoms with van der Waals surface area (Å²) in [5, 5.41) is 10.4. The second-order valence-electron chi connectivity index (χ2n) is 4.41. The van der Waals surface area contributed by atoms with Crippen LogP contribution in [0.15, 0.2) is 12.2 Å². The van der Waals surface area contributed by atoms with Crippen LogP contribution < -0.4 is 5.32 Å². The van der Waals surface area contributed by atoms with E-state index in [1.54, 1.807) is 0 Å². The Morgan fingerprint density at radius 3 is 2.63 bits per heavy atom. The Morgan fingerprint density at radius 2 is 2.05 bits per heavy atom. The average Bonchev–Trinajstić information content (AvgIpc) is 3.15. The fourth-order valence-corrected chi connectivity index (χ4v) is 1.23. The van der Waals surface area contributed by atoms with Gasteiger partial charge in [0.1, 0.15) is 0 Å². The highest BCUT2D eigenvalue weighted by atomic mass is 16.5. The van der Waals surface area contributed by atoms with Gasteiger partial charge in [0.2, 0.25) is 0 Å². The molecule has 0 bridgehead atoms. The molecule has 1 aliphatic rings. The van der Waals surface area contributed by atoms with Crippen molar-refractivity contribution in [2.24, 2.45) is 5.92 Å².